The second kappa shape index (κ2) is 5.76. The molecule has 0 fully saturated rings. The normalized spacial score (nSPS) is 9.50. The van der Waals surface area contributed by atoms with E-state index < -0.39 is 5.97 Å². The van der Waals surface area contributed by atoms with Crippen LogP contribution in [-0.2, 0) is 4.79 Å². The highest BCUT2D eigenvalue weighted by molar-refractivity contribution is 5.75. The molecule has 0 amide bonds. The van der Waals surface area contributed by atoms with Crippen molar-refractivity contribution < 1.29 is 9.90 Å². The predicted octanol–water partition coefficient (Wildman–Crippen LogP) is 1.86. The molecule has 0 saturated heterocycles. The van der Waals surface area contributed by atoms with Crippen LogP contribution < -0.4 is 4.90 Å². The summed E-state index contributed by atoms with van der Waals surface area (Å²) in [4.78, 5) is 12.4. The highest BCUT2D eigenvalue weighted by Crippen LogP contribution is 2.19. The monoisotopic (exact) mass is 218 g/mol. The van der Waals surface area contributed by atoms with Crippen molar-refractivity contribution in [1.82, 2.24) is 0 Å². The zero-order valence-electron chi connectivity index (χ0n) is 9.18. The van der Waals surface area contributed by atoms with Gasteiger partial charge in [0, 0.05) is 6.54 Å². The first kappa shape index (κ1) is 12.1. The van der Waals surface area contributed by atoms with Gasteiger partial charge in [0.1, 0.15) is 12.6 Å². The van der Waals surface area contributed by atoms with Crippen LogP contribution in [-0.4, -0.2) is 24.2 Å². The van der Waals surface area contributed by atoms with Crippen molar-refractivity contribution in [1.29, 1.82) is 5.26 Å². The van der Waals surface area contributed by atoms with E-state index in [2.05, 4.69) is 6.07 Å². The third kappa shape index (κ3) is 2.99. The number of benzene rings is 1. The van der Waals surface area contributed by atoms with Gasteiger partial charge < -0.3 is 10.0 Å². The minimum Gasteiger partial charge on any atom is -0.480 e. The van der Waals surface area contributed by atoms with Crippen molar-refractivity contribution in [2.45, 2.75) is 13.3 Å². The zero-order valence-corrected chi connectivity index (χ0v) is 9.18. The largest absolute Gasteiger partial charge is 0.480 e. The summed E-state index contributed by atoms with van der Waals surface area (Å²) in [6, 6.07) is 9.12. The molecule has 4 heteroatoms. The quantitative estimate of drug-likeness (QED) is 0.819. The second-order valence-electron chi connectivity index (χ2n) is 3.44. The lowest BCUT2D eigenvalue weighted by atomic mass is 10.1. The molecule has 4 nitrogen and oxygen atoms in total. The molecule has 1 aromatic carbocycles. The summed E-state index contributed by atoms with van der Waals surface area (Å²) in [5, 5.41) is 17.8. The van der Waals surface area contributed by atoms with E-state index in [0.717, 1.165) is 6.42 Å². The first-order valence-corrected chi connectivity index (χ1v) is 5.15. The maximum absolute atomic E-state index is 10.7. The number of nitriles is 1. The summed E-state index contributed by atoms with van der Waals surface area (Å²) in [6.07, 6.45) is 0.840. The maximum Gasteiger partial charge on any atom is 0.323 e. The molecule has 0 unspecified atom stereocenters. The zero-order chi connectivity index (χ0) is 12.0. The fraction of sp³-hybridized carbons (Fsp3) is 0.333. The number of carboxylic acid groups (broad SMARTS) is 1. The van der Waals surface area contributed by atoms with Gasteiger partial charge in [0.05, 0.1) is 11.3 Å². The number of anilines is 1. The summed E-state index contributed by atoms with van der Waals surface area (Å²) in [6.45, 7) is 2.53. The van der Waals surface area contributed by atoms with Gasteiger partial charge in [-0.05, 0) is 18.6 Å². The molecule has 0 spiro atoms. The molecule has 0 atom stereocenters. The van der Waals surface area contributed by atoms with E-state index in [1.54, 1.807) is 29.2 Å². The second-order valence-corrected chi connectivity index (χ2v) is 3.44. The SMILES string of the molecule is CCCN(CC(=O)O)c1ccccc1C#N. The summed E-state index contributed by atoms with van der Waals surface area (Å²) in [5.41, 5.74) is 1.20. The van der Waals surface area contributed by atoms with Crippen molar-refractivity contribution in [3.63, 3.8) is 0 Å². The van der Waals surface area contributed by atoms with E-state index in [-0.39, 0.29) is 6.54 Å². The highest BCUT2D eigenvalue weighted by Gasteiger charge is 2.12. The van der Waals surface area contributed by atoms with Crippen molar-refractivity contribution >= 4 is 11.7 Å². The Labute approximate surface area is 94.7 Å². The van der Waals surface area contributed by atoms with E-state index in [9.17, 15) is 4.79 Å². The van der Waals surface area contributed by atoms with Gasteiger partial charge in [-0.1, -0.05) is 19.1 Å². The van der Waals surface area contributed by atoms with E-state index in [0.29, 0.717) is 17.8 Å². The number of rotatable bonds is 5. The molecule has 0 aliphatic rings. The standard InChI is InChI=1S/C12H14N2O2/c1-2-7-14(9-12(15)16)11-6-4-3-5-10(11)8-13/h3-6H,2,7,9H2,1H3,(H,15,16). The van der Waals surface area contributed by atoms with E-state index in [4.69, 9.17) is 10.4 Å². The Kier molecular flexibility index (Phi) is 4.34. The Morgan fingerprint density at radius 1 is 1.50 bits per heavy atom. The number of hydrogen-bond donors (Lipinski definition) is 1. The van der Waals surface area contributed by atoms with Gasteiger partial charge in [0.2, 0.25) is 0 Å². The van der Waals surface area contributed by atoms with Crippen molar-refractivity contribution in [3.05, 3.63) is 29.8 Å². The lowest BCUT2D eigenvalue weighted by Crippen LogP contribution is -2.30. The van der Waals surface area contributed by atoms with Gasteiger partial charge in [-0.3, -0.25) is 4.79 Å². The number of para-hydroxylation sites is 1. The molecule has 1 aromatic rings. The van der Waals surface area contributed by atoms with Crippen molar-refractivity contribution in [2.75, 3.05) is 18.0 Å². The first-order valence-electron chi connectivity index (χ1n) is 5.15. The van der Waals surface area contributed by atoms with Crippen molar-refractivity contribution in [2.24, 2.45) is 0 Å². The molecule has 0 heterocycles. The smallest absolute Gasteiger partial charge is 0.323 e. The molecule has 0 saturated carbocycles. The summed E-state index contributed by atoms with van der Waals surface area (Å²) in [7, 11) is 0. The molecular formula is C12H14N2O2. The molecule has 0 aromatic heterocycles. The first-order chi connectivity index (χ1) is 7.69. The van der Waals surface area contributed by atoms with Gasteiger partial charge in [-0.25, -0.2) is 0 Å². The molecule has 0 aliphatic heterocycles. The van der Waals surface area contributed by atoms with Crippen LogP contribution in [0.15, 0.2) is 24.3 Å². The van der Waals surface area contributed by atoms with Crippen molar-refractivity contribution in [3.8, 4) is 6.07 Å². The summed E-state index contributed by atoms with van der Waals surface area (Å²) < 4.78 is 0. The Bertz CT molecular complexity index is 410. The van der Waals surface area contributed by atoms with Gasteiger partial charge in [0.25, 0.3) is 0 Å². The molecular weight excluding hydrogens is 204 g/mol. The lowest BCUT2D eigenvalue weighted by Gasteiger charge is -2.23. The fourth-order valence-electron chi connectivity index (χ4n) is 1.56. The Morgan fingerprint density at radius 2 is 2.19 bits per heavy atom. The lowest BCUT2D eigenvalue weighted by molar-refractivity contribution is -0.135. The van der Waals surface area contributed by atoms with Crippen LogP contribution >= 0.6 is 0 Å². The van der Waals surface area contributed by atoms with Crippen LogP contribution in [0.1, 0.15) is 18.9 Å². The Morgan fingerprint density at radius 3 is 2.75 bits per heavy atom. The topological polar surface area (TPSA) is 64.3 Å². The van der Waals surface area contributed by atoms with Crippen LogP contribution in [0, 0.1) is 11.3 Å². The molecule has 16 heavy (non-hydrogen) atoms. The van der Waals surface area contributed by atoms with E-state index in [1.165, 1.54) is 0 Å². The number of carbonyl (C=O) groups is 1. The average molecular weight is 218 g/mol. The summed E-state index contributed by atoms with van der Waals surface area (Å²) in [5.74, 6) is -0.888. The third-order valence-electron chi connectivity index (χ3n) is 2.18. The van der Waals surface area contributed by atoms with Gasteiger partial charge >= 0.3 is 5.97 Å². The fourth-order valence-corrected chi connectivity index (χ4v) is 1.56. The van der Waals surface area contributed by atoms with Crippen LogP contribution in [0.25, 0.3) is 0 Å². The minimum atomic E-state index is -0.888. The Balaban J connectivity index is 3.00. The van der Waals surface area contributed by atoms with Gasteiger partial charge in [-0.15, -0.1) is 0 Å². The molecule has 1 N–H and O–H groups in total. The highest BCUT2D eigenvalue weighted by atomic mass is 16.4. The van der Waals surface area contributed by atoms with Crippen LogP contribution in [0.4, 0.5) is 5.69 Å². The number of nitrogens with zero attached hydrogens (tertiary/aromatic N) is 2. The van der Waals surface area contributed by atoms with E-state index in [1.807, 2.05) is 6.92 Å². The number of carboxylic acids is 1. The molecule has 84 valence electrons. The maximum atomic E-state index is 10.7. The molecule has 0 bridgehead atoms. The minimum absolute atomic E-state index is 0.0769. The number of aliphatic carboxylic acids is 1. The molecule has 0 aliphatic carbocycles. The predicted molar refractivity (Wildman–Crippen MR) is 61.3 cm³/mol. The third-order valence-corrected chi connectivity index (χ3v) is 2.18. The van der Waals surface area contributed by atoms with Crippen LogP contribution in [0.2, 0.25) is 0 Å². The Hall–Kier alpha value is -2.02. The van der Waals surface area contributed by atoms with E-state index >= 15 is 0 Å². The summed E-state index contributed by atoms with van der Waals surface area (Å²) >= 11 is 0. The van der Waals surface area contributed by atoms with Crippen LogP contribution in [0.3, 0.4) is 0 Å². The van der Waals surface area contributed by atoms with Gasteiger partial charge in [-0.2, -0.15) is 5.26 Å². The van der Waals surface area contributed by atoms with Gasteiger partial charge in [0.15, 0.2) is 0 Å². The molecule has 1 rings (SSSR count). The average Bonchev–Trinajstić information content (AvgIpc) is 2.28. The molecule has 0 radical (unpaired) electrons. The van der Waals surface area contributed by atoms with Crippen LogP contribution in [0.5, 0.6) is 0 Å². The number of hydrogen-bond acceptors (Lipinski definition) is 3.